The number of sulfonamides is 1. The van der Waals surface area contributed by atoms with Crippen LogP contribution in [0, 0.1) is 5.92 Å². The lowest BCUT2D eigenvalue weighted by Crippen LogP contribution is -2.56. The van der Waals surface area contributed by atoms with Crippen molar-refractivity contribution in [2.45, 2.75) is 23.3 Å². The minimum absolute atomic E-state index is 0.0102. The number of ether oxygens (including phenoxy) is 3. The van der Waals surface area contributed by atoms with E-state index in [1.807, 2.05) is 12.1 Å². The van der Waals surface area contributed by atoms with Crippen LogP contribution in [0.1, 0.15) is 24.0 Å². The average molecular weight is 678 g/mol. The molecule has 0 spiro atoms. The first-order chi connectivity index (χ1) is 22.6. The summed E-state index contributed by atoms with van der Waals surface area (Å²) in [4.78, 5) is 39.5. The number of fused-ring (bicyclic) bond motifs is 1. The van der Waals surface area contributed by atoms with Gasteiger partial charge in [0, 0.05) is 59.9 Å². The molecule has 2 aliphatic heterocycles. The number of piperidine rings is 1. The summed E-state index contributed by atoms with van der Waals surface area (Å²) in [7, 11) is -0.507. The number of carbonyl (C=O) groups excluding carboxylic acids is 2. The number of hydrogen-bond donors (Lipinski definition) is 1. The van der Waals surface area contributed by atoms with Gasteiger partial charge in [0.05, 0.1) is 32.6 Å². The Labute approximate surface area is 277 Å². The van der Waals surface area contributed by atoms with Gasteiger partial charge in [0.15, 0.2) is 5.54 Å². The van der Waals surface area contributed by atoms with E-state index >= 15 is 0 Å². The Hall–Kier alpha value is -4.88. The van der Waals surface area contributed by atoms with Gasteiger partial charge in [-0.25, -0.2) is 13.4 Å². The van der Waals surface area contributed by atoms with Crippen molar-refractivity contribution in [3.63, 3.8) is 0 Å². The molecule has 1 atom stereocenters. The number of hydrogen-bond acceptors (Lipinski definition) is 10. The maximum absolute atomic E-state index is 15.0. The molecular formula is C33H32ClN5O7S. The molecule has 14 heteroatoms. The highest BCUT2D eigenvalue weighted by Crippen LogP contribution is 2.50. The Bertz CT molecular complexity index is 1940. The molecule has 1 saturated heterocycles. The molecule has 2 aliphatic rings. The summed E-state index contributed by atoms with van der Waals surface area (Å²) in [5, 5.41) is 3.22. The Morgan fingerprint density at radius 3 is 2.36 bits per heavy atom. The molecule has 0 saturated carbocycles. The molecule has 1 N–H and O–H groups in total. The minimum atomic E-state index is -4.64. The van der Waals surface area contributed by atoms with Crippen molar-refractivity contribution in [3.05, 3.63) is 95.4 Å². The van der Waals surface area contributed by atoms with Gasteiger partial charge in [-0.2, -0.15) is 4.31 Å². The van der Waals surface area contributed by atoms with Crippen LogP contribution in [0.4, 0.5) is 11.4 Å². The van der Waals surface area contributed by atoms with Crippen LogP contribution in [0.25, 0.3) is 0 Å². The van der Waals surface area contributed by atoms with E-state index in [0.29, 0.717) is 36.0 Å². The van der Waals surface area contributed by atoms with Crippen LogP contribution in [0.5, 0.6) is 17.4 Å². The van der Waals surface area contributed by atoms with Gasteiger partial charge >= 0.3 is 0 Å². The van der Waals surface area contributed by atoms with E-state index in [2.05, 4.69) is 20.2 Å². The standard InChI is InChI=1S/C33H32ClN5O7S/c1-44-24-7-9-29(28(20-24)45-2)47(42,43)39-27-8-6-22(34)19-26(27)33(32(39)41,25-5-4-14-36-31(25)46-3)37-30(40)21-12-17-38(18-13-21)23-10-15-35-16-11-23/h4-11,14-16,19-21H,12-13,17-18H2,1-3H3,(H,37,40). The van der Waals surface area contributed by atoms with E-state index in [1.54, 1.807) is 24.5 Å². The summed E-state index contributed by atoms with van der Waals surface area (Å²) in [6.45, 7) is 1.19. The molecule has 2 aromatic heterocycles. The molecule has 6 rings (SSSR count). The van der Waals surface area contributed by atoms with E-state index in [4.69, 9.17) is 25.8 Å². The minimum Gasteiger partial charge on any atom is -0.497 e. The third kappa shape index (κ3) is 5.48. The van der Waals surface area contributed by atoms with Crippen molar-refractivity contribution in [2.75, 3.05) is 43.6 Å². The van der Waals surface area contributed by atoms with E-state index in [1.165, 1.54) is 63.9 Å². The normalized spacial score (nSPS) is 18.1. The second-order valence-electron chi connectivity index (χ2n) is 11.0. The third-order valence-corrected chi connectivity index (χ3v) is 10.5. The quantitative estimate of drug-likeness (QED) is 0.275. The Balaban J connectivity index is 1.46. The van der Waals surface area contributed by atoms with Gasteiger partial charge in [0.1, 0.15) is 16.4 Å². The van der Waals surface area contributed by atoms with Crippen LogP contribution in [0.3, 0.4) is 0 Å². The predicted octanol–water partition coefficient (Wildman–Crippen LogP) is 4.17. The zero-order valence-corrected chi connectivity index (χ0v) is 27.4. The fourth-order valence-electron chi connectivity index (χ4n) is 6.22. The van der Waals surface area contributed by atoms with Gasteiger partial charge < -0.3 is 24.4 Å². The van der Waals surface area contributed by atoms with Gasteiger partial charge in [-0.05, 0) is 67.4 Å². The number of rotatable bonds is 9. The summed E-state index contributed by atoms with van der Waals surface area (Å²) >= 11 is 6.50. The highest BCUT2D eigenvalue weighted by molar-refractivity contribution is 7.93. The predicted molar refractivity (Wildman–Crippen MR) is 175 cm³/mol. The number of amides is 2. The van der Waals surface area contributed by atoms with Crippen LogP contribution in [0.15, 0.2) is 84.1 Å². The SMILES string of the molecule is COc1ccc(S(=O)(=O)N2C(=O)C(NC(=O)C3CCN(c4ccncc4)CC3)(c3cccnc3OC)c3cc(Cl)ccc32)c(OC)c1. The zero-order valence-electron chi connectivity index (χ0n) is 25.8. The number of anilines is 2. The van der Waals surface area contributed by atoms with Crippen LogP contribution in [0.2, 0.25) is 5.02 Å². The number of benzene rings is 2. The molecule has 1 fully saturated rings. The van der Waals surface area contributed by atoms with E-state index in [0.717, 1.165) is 5.69 Å². The molecule has 47 heavy (non-hydrogen) atoms. The fraction of sp³-hybridized carbons (Fsp3) is 0.273. The van der Waals surface area contributed by atoms with Crippen molar-refractivity contribution in [3.8, 4) is 17.4 Å². The molecule has 4 heterocycles. The lowest BCUT2D eigenvalue weighted by molar-refractivity contribution is -0.132. The maximum Gasteiger partial charge on any atom is 0.276 e. The van der Waals surface area contributed by atoms with Crippen LogP contribution >= 0.6 is 11.6 Å². The Kier molecular flexibility index (Phi) is 8.68. The van der Waals surface area contributed by atoms with E-state index in [-0.39, 0.29) is 38.4 Å². The van der Waals surface area contributed by atoms with Crippen LogP contribution in [-0.4, -0.2) is 64.6 Å². The van der Waals surface area contributed by atoms with Gasteiger partial charge in [-0.1, -0.05) is 11.6 Å². The largest absolute Gasteiger partial charge is 0.497 e. The lowest BCUT2D eigenvalue weighted by Gasteiger charge is -2.36. The second-order valence-corrected chi connectivity index (χ2v) is 13.2. The Morgan fingerprint density at radius 2 is 1.68 bits per heavy atom. The molecule has 4 aromatic rings. The second kappa shape index (κ2) is 12.7. The molecule has 12 nitrogen and oxygen atoms in total. The monoisotopic (exact) mass is 677 g/mol. The number of nitrogens with zero attached hydrogens (tertiary/aromatic N) is 4. The lowest BCUT2D eigenvalue weighted by atomic mass is 9.83. The van der Waals surface area contributed by atoms with Crippen molar-refractivity contribution in [1.29, 1.82) is 0 Å². The molecular weight excluding hydrogens is 646 g/mol. The van der Waals surface area contributed by atoms with E-state index in [9.17, 15) is 18.0 Å². The summed E-state index contributed by atoms with van der Waals surface area (Å²) in [6.07, 6.45) is 5.90. The first kappa shape index (κ1) is 32.1. The maximum atomic E-state index is 15.0. The number of methoxy groups -OCH3 is 3. The number of aromatic nitrogens is 2. The van der Waals surface area contributed by atoms with Crippen LogP contribution in [-0.2, 0) is 25.2 Å². The number of halogens is 1. The number of carbonyl (C=O) groups is 2. The summed E-state index contributed by atoms with van der Waals surface area (Å²) in [6, 6.07) is 15.5. The van der Waals surface area contributed by atoms with Gasteiger partial charge in [-0.15, -0.1) is 0 Å². The van der Waals surface area contributed by atoms with E-state index < -0.39 is 33.3 Å². The summed E-state index contributed by atoms with van der Waals surface area (Å²) in [5.41, 5.74) is -0.750. The highest BCUT2D eigenvalue weighted by Gasteiger charge is 2.59. The van der Waals surface area contributed by atoms with Crippen molar-refractivity contribution < 1.29 is 32.2 Å². The average Bonchev–Trinajstić information content (AvgIpc) is 3.35. The zero-order chi connectivity index (χ0) is 33.3. The summed E-state index contributed by atoms with van der Waals surface area (Å²) in [5.74, 6) is -1.50. The topological polar surface area (TPSA) is 140 Å². The first-order valence-electron chi connectivity index (χ1n) is 14.7. The van der Waals surface area contributed by atoms with Crippen molar-refractivity contribution in [2.24, 2.45) is 5.92 Å². The summed E-state index contributed by atoms with van der Waals surface area (Å²) < 4.78 is 45.9. The molecule has 0 radical (unpaired) electrons. The highest BCUT2D eigenvalue weighted by atomic mass is 35.5. The third-order valence-electron chi connectivity index (χ3n) is 8.55. The van der Waals surface area contributed by atoms with Gasteiger partial charge in [0.2, 0.25) is 11.8 Å². The number of nitrogens with one attached hydrogen (secondary N) is 1. The Morgan fingerprint density at radius 1 is 0.936 bits per heavy atom. The smallest absolute Gasteiger partial charge is 0.276 e. The fourth-order valence-corrected chi connectivity index (χ4v) is 8.00. The first-order valence-corrected chi connectivity index (χ1v) is 16.6. The molecule has 0 aliphatic carbocycles. The molecule has 1 unspecified atom stereocenters. The number of pyridine rings is 2. The molecule has 244 valence electrons. The molecule has 2 aromatic carbocycles. The van der Waals surface area contributed by atoms with Crippen molar-refractivity contribution in [1.82, 2.24) is 15.3 Å². The van der Waals surface area contributed by atoms with Crippen LogP contribution < -0.4 is 28.7 Å². The van der Waals surface area contributed by atoms with Gasteiger partial charge in [-0.3, -0.25) is 14.6 Å². The molecule has 0 bridgehead atoms. The van der Waals surface area contributed by atoms with Crippen molar-refractivity contribution >= 4 is 44.8 Å². The van der Waals surface area contributed by atoms with Gasteiger partial charge in [0.25, 0.3) is 15.9 Å². The molecule has 2 amide bonds.